The van der Waals surface area contributed by atoms with Crippen molar-refractivity contribution in [1.82, 2.24) is 9.97 Å². The second kappa shape index (κ2) is 7.09. The zero-order valence-corrected chi connectivity index (χ0v) is 14.9. The highest BCUT2D eigenvalue weighted by Gasteiger charge is 2.27. The highest BCUT2D eigenvalue weighted by Crippen LogP contribution is 2.31. The summed E-state index contributed by atoms with van der Waals surface area (Å²) < 4.78 is 0. The summed E-state index contributed by atoms with van der Waals surface area (Å²) in [4.78, 5) is 22.9. The van der Waals surface area contributed by atoms with E-state index >= 15 is 0 Å². The van der Waals surface area contributed by atoms with Gasteiger partial charge in [0.25, 0.3) is 0 Å². The molecule has 1 aliphatic carbocycles. The maximum Gasteiger partial charge on any atom is 0.327 e. The lowest BCUT2D eigenvalue weighted by atomic mass is 9.93. The van der Waals surface area contributed by atoms with E-state index < -0.39 is 0 Å². The SMILES string of the molecule is O=C1Nc2nc(NC3CCC(O)CC3)ncc2CN1c1ccccc1Cl. The van der Waals surface area contributed by atoms with Gasteiger partial charge in [-0.3, -0.25) is 10.2 Å². The number of para-hydroxylation sites is 1. The Hall–Kier alpha value is -2.38. The predicted molar refractivity (Wildman–Crippen MR) is 101 cm³/mol. The summed E-state index contributed by atoms with van der Waals surface area (Å²) in [5, 5.41) is 16.2. The van der Waals surface area contributed by atoms with Crippen molar-refractivity contribution in [2.45, 2.75) is 44.4 Å². The van der Waals surface area contributed by atoms with Crippen LogP contribution in [0.5, 0.6) is 0 Å². The number of benzene rings is 1. The maximum atomic E-state index is 12.5. The van der Waals surface area contributed by atoms with Gasteiger partial charge in [0.2, 0.25) is 5.95 Å². The lowest BCUT2D eigenvalue weighted by Gasteiger charge is -2.30. The van der Waals surface area contributed by atoms with Crippen LogP contribution in [0.1, 0.15) is 31.2 Å². The number of amides is 2. The summed E-state index contributed by atoms with van der Waals surface area (Å²) in [7, 11) is 0. The van der Waals surface area contributed by atoms with E-state index in [0.717, 1.165) is 31.2 Å². The number of hydrogen-bond acceptors (Lipinski definition) is 5. The Bertz CT molecular complexity index is 823. The number of aromatic nitrogens is 2. The van der Waals surface area contributed by atoms with Crippen LogP contribution in [0.4, 0.5) is 22.2 Å². The molecule has 2 heterocycles. The molecule has 1 saturated carbocycles. The van der Waals surface area contributed by atoms with Crippen molar-refractivity contribution < 1.29 is 9.90 Å². The van der Waals surface area contributed by atoms with Gasteiger partial charge in [-0.15, -0.1) is 0 Å². The van der Waals surface area contributed by atoms with Crippen molar-refractivity contribution in [3.63, 3.8) is 0 Å². The molecule has 26 heavy (non-hydrogen) atoms. The smallest absolute Gasteiger partial charge is 0.327 e. The van der Waals surface area contributed by atoms with Gasteiger partial charge in [0.1, 0.15) is 5.82 Å². The van der Waals surface area contributed by atoms with Gasteiger partial charge in [-0.05, 0) is 37.8 Å². The normalized spacial score (nSPS) is 22.5. The zero-order chi connectivity index (χ0) is 18.1. The van der Waals surface area contributed by atoms with Gasteiger partial charge in [-0.2, -0.15) is 4.98 Å². The number of carbonyl (C=O) groups excluding carboxylic acids is 1. The molecule has 8 heteroatoms. The van der Waals surface area contributed by atoms with Crippen molar-refractivity contribution in [1.29, 1.82) is 0 Å². The Morgan fingerprint density at radius 1 is 1.23 bits per heavy atom. The molecule has 1 fully saturated rings. The molecule has 136 valence electrons. The number of hydrogen-bond donors (Lipinski definition) is 3. The molecule has 0 spiro atoms. The minimum absolute atomic E-state index is 0.201. The first kappa shape index (κ1) is 17.1. The van der Waals surface area contributed by atoms with Gasteiger partial charge in [0.15, 0.2) is 0 Å². The Labute approximate surface area is 156 Å². The van der Waals surface area contributed by atoms with Crippen LogP contribution in [0.3, 0.4) is 0 Å². The first-order valence-electron chi connectivity index (χ1n) is 8.74. The van der Waals surface area contributed by atoms with Crippen LogP contribution in [-0.2, 0) is 6.54 Å². The van der Waals surface area contributed by atoms with Gasteiger partial charge >= 0.3 is 6.03 Å². The minimum Gasteiger partial charge on any atom is -0.393 e. The van der Waals surface area contributed by atoms with E-state index in [0.29, 0.717) is 29.0 Å². The minimum atomic E-state index is -0.268. The fourth-order valence-electron chi connectivity index (χ4n) is 3.38. The Balaban J connectivity index is 1.51. The van der Waals surface area contributed by atoms with Crippen molar-refractivity contribution >= 4 is 35.1 Å². The third kappa shape index (κ3) is 3.45. The van der Waals surface area contributed by atoms with Crippen molar-refractivity contribution in [2.24, 2.45) is 0 Å². The molecule has 0 saturated heterocycles. The molecular formula is C18H20ClN5O2. The fourth-order valence-corrected chi connectivity index (χ4v) is 3.62. The molecule has 2 aromatic rings. The monoisotopic (exact) mass is 373 g/mol. The van der Waals surface area contributed by atoms with E-state index in [4.69, 9.17) is 11.6 Å². The highest BCUT2D eigenvalue weighted by molar-refractivity contribution is 6.34. The number of aliphatic hydroxyl groups is 1. The number of urea groups is 1. The molecule has 0 radical (unpaired) electrons. The summed E-state index contributed by atoms with van der Waals surface area (Å²) in [6.45, 7) is 0.362. The second-order valence-corrected chi connectivity index (χ2v) is 7.09. The molecule has 2 amide bonds. The van der Waals surface area contributed by atoms with Crippen LogP contribution < -0.4 is 15.5 Å². The molecule has 0 atom stereocenters. The standard InChI is InChI=1S/C18H20ClN5O2/c19-14-3-1-2-4-15(14)24-10-11-9-20-17(22-16(11)23-18(24)26)21-12-5-7-13(25)8-6-12/h1-4,9,12-13,25H,5-8,10H2,(H2,20,21,22,23,26). The number of fused-ring (bicyclic) bond motifs is 1. The number of anilines is 3. The summed E-state index contributed by atoms with van der Waals surface area (Å²) in [5.74, 6) is 1.02. The highest BCUT2D eigenvalue weighted by atomic mass is 35.5. The molecule has 0 unspecified atom stereocenters. The van der Waals surface area contributed by atoms with Crippen LogP contribution in [0.2, 0.25) is 5.02 Å². The Morgan fingerprint density at radius 3 is 2.77 bits per heavy atom. The average molecular weight is 374 g/mol. The zero-order valence-electron chi connectivity index (χ0n) is 14.2. The number of rotatable bonds is 3. The molecule has 2 aliphatic rings. The molecule has 4 rings (SSSR count). The largest absolute Gasteiger partial charge is 0.393 e. The molecule has 3 N–H and O–H groups in total. The van der Waals surface area contributed by atoms with E-state index in [1.54, 1.807) is 23.2 Å². The third-order valence-corrected chi connectivity index (χ3v) is 5.16. The first-order valence-corrected chi connectivity index (χ1v) is 9.11. The molecule has 1 aromatic heterocycles. The lowest BCUT2D eigenvalue weighted by Crippen LogP contribution is -2.39. The van der Waals surface area contributed by atoms with Gasteiger partial charge in [0.05, 0.1) is 23.4 Å². The van der Waals surface area contributed by atoms with Crippen LogP contribution in [0.25, 0.3) is 0 Å². The molecule has 0 bridgehead atoms. The van der Waals surface area contributed by atoms with Gasteiger partial charge in [-0.1, -0.05) is 23.7 Å². The van der Waals surface area contributed by atoms with Crippen LogP contribution in [0, 0.1) is 0 Å². The molecule has 7 nitrogen and oxygen atoms in total. The number of aliphatic hydroxyl groups excluding tert-OH is 1. The molecule has 1 aliphatic heterocycles. The van der Waals surface area contributed by atoms with E-state index in [-0.39, 0.29) is 18.2 Å². The average Bonchev–Trinajstić information content (AvgIpc) is 2.64. The summed E-state index contributed by atoms with van der Waals surface area (Å²) in [6, 6.07) is 7.21. The number of nitrogens with one attached hydrogen (secondary N) is 2. The molecule has 1 aromatic carbocycles. The lowest BCUT2D eigenvalue weighted by molar-refractivity contribution is 0.126. The summed E-state index contributed by atoms with van der Waals surface area (Å²) in [6.07, 6.45) is 4.86. The van der Waals surface area contributed by atoms with Crippen molar-refractivity contribution in [3.8, 4) is 0 Å². The van der Waals surface area contributed by atoms with Crippen LogP contribution in [0.15, 0.2) is 30.5 Å². The van der Waals surface area contributed by atoms with Crippen LogP contribution in [-0.4, -0.2) is 33.3 Å². The Morgan fingerprint density at radius 2 is 2.00 bits per heavy atom. The Kier molecular flexibility index (Phi) is 4.65. The van der Waals surface area contributed by atoms with E-state index in [9.17, 15) is 9.90 Å². The van der Waals surface area contributed by atoms with Crippen molar-refractivity contribution in [3.05, 3.63) is 41.0 Å². The number of nitrogens with zero attached hydrogens (tertiary/aromatic N) is 3. The quantitative estimate of drug-likeness (QED) is 0.767. The van der Waals surface area contributed by atoms with E-state index in [1.807, 2.05) is 12.1 Å². The summed E-state index contributed by atoms with van der Waals surface area (Å²) >= 11 is 6.21. The summed E-state index contributed by atoms with van der Waals surface area (Å²) in [5.41, 5.74) is 1.48. The second-order valence-electron chi connectivity index (χ2n) is 6.68. The third-order valence-electron chi connectivity index (χ3n) is 4.84. The van der Waals surface area contributed by atoms with Gasteiger partial charge in [0, 0.05) is 17.8 Å². The maximum absolute atomic E-state index is 12.5. The number of carbonyl (C=O) groups is 1. The topological polar surface area (TPSA) is 90.4 Å². The van der Waals surface area contributed by atoms with E-state index in [1.165, 1.54) is 0 Å². The van der Waals surface area contributed by atoms with E-state index in [2.05, 4.69) is 20.6 Å². The van der Waals surface area contributed by atoms with Crippen LogP contribution >= 0.6 is 11.6 Å². The fraction of sp³-hybridized carbons (Fsp3) is 0.389. The van der Waals surface area contributed by atoms with Gasteiger partial charge in [-0.25, -0.2) is 9.78 Å². The molecular weight excluding hydrogens is 354 g/mol. The van der Waals surface area contributed by atoms with Gasteiger partial charge < -0.3 is 10.4 Å². The number of halogens is 1. The predicted octanol–water partition coefficient (Wildman–Crippen LogP) is 3.40. The first-order chi connectivity index (χ1) is 12.6. The van der Waals surface area contributed by atoms with Crippen molar-refractivity contribution in [2.75, 3.05) is 15.5 Å².